The van der Waals surface area contributed by atoms with Gasteiger partial charge in [0.1, 0.15) is 0 Å². The van der Waals surface area contributed by atoms with Crippen LogP contribution in [0, 0.1) is 5.92 Å². The van der Waals surface area contributed by atoms with Crippen LogP contribution in [-0.4, -0.2) is 16.6 Å². The lowest BCUT2D eigenvalue weighted by Crippen LogP contribution is -2.33. The molecule has 1 atom stereocenters. The summed E-state index contributed by atoms with van der Waals surface area (Å²) in [6.07, 6.45) is 1.76. The topological polar surface area (TPSA) is 42.0 Å². The zero-order valence-corrected chi connectivity index (χ0v) is 13.1. The quantitative estimate of drug-likeness (QED) is 0.827. The van der Waals surface area contributed by atoms with Crippen LogP contribution in [0.3, 0.4) is 0 Å². The van der Waals surface area contributed by atoms with Crippen LogP contribution in [0.2, 0.25) is 0 Å². The Bertz CT molecular complexity index is 558. The highest BCUT2D eigenvalue weighted by Gasteiger charge is 2.19. The molecule has 0 fully saturated rings. The van der Waals surface area contributed by atoms with Crippen molar-refractivity contribution in [3.63, 3.8) is 0 Å². The van der Waals surface area contributed by atoms with Crippen molar-refractivity contribution in [1.29, 1.82) is 0 Å². The minimum atomic E-state index is -0.0462. The Morgan fingerprint density at radius 1 is 1.14 bits per heavy atom. The molecule has 2 rings (SSSR count). The molecule has 21 heavy (non-hydrogen) atoms. The van der Waals surface area contributed by atoms with Gasteiger partial charge in [-0.25, -0.2) is 0 Å². The highest BCUT2D eigenvalue weighted by atomic mass is 32.2. The van der Waals surface area contributed by atoms with Crippen molar-refractivity contribution in [2.45, 2.75) is 24.8 Å². The predicted molar refractivity (Wildman–Crippen MR) is 87.1 cm³/mol. The first-order valence-corrected chi connectivity index (χ1v) is 8.03. The number of benzene rings is 1. The molecule has 3 nitrogen and oxygen atoms in total. The molecule has 0 aliphatic rings. The summed E-state index contributed by atoms with van der Waals surface area (Å²) in [5.41, 5.74) is 0.908. The second kappa shape index (κ2) is 7.84. The van der Waals surface area contributed by atoms with Crippen LogP contribution in [0.15, 0.2) is 59.6 Å². The van der Waals surface area contributed by atoms with Crippen LogP contribution in [-0.2, 0) is 4.79 Å². The number of hydrogen-bond donors (Lipinski definition) is 1. The van der Waals surface area contributed by atoms with Crippen LogP contribution >= 0.6 is 11.8 Å². The van der Waals surface area contributed by atoms with Gasteiger partial charge in [-0.1, -0.05) is 38.1 Å². The Morgan fingerprint density at radius 2 is 1.86 bits per heavy atom. The molecule has 2 aromatic rings. The van der Waals surface area contributed by atoms with Crippen molar-refractivity contribution in [3.05, 3.63) is 60.4 Å². The summed E-state index contributed by atoms with van der Waals surface area (Å²) < 4.78 is 0. The van der Waals surface area contributed by atoms with E-state index in [9.17, 15) is 4.79 Å². The third-order valence-corrected chi connectivity index (χ3v) is 4.11. The molecule has 1 unspecified atom stereocenters. The van der Waals surface area contributed by atoms with Gasteiger partial charge in [-0.3, -0.25) is 9.78 Å². The first-order chi connectivity index (χ1) is 10.2. The number of aromatic nitrogens is 1. The summed E-state index contributed by atoms with van der Waals surface area (Å²) in [6.45, 7) is 4.17. The van der Waals surface area contributed by atoms with Gasteiger partial charge in [-0.05, 0) is 30.2 Å². The standard InChI is InChI=1S/C17H20N2OS/c1-13(2)17(15-10-6-7-11-18-15)19-16(20)12-21-14-8-4-3-5-9-14/h3-11,13,17H,12H2,1-2H3,(H,19,20). The number of amides is 1. The molecule has 0 aliphatic heterocycles. The molecule has 1 N–H and O–H groups in total. The Labute approximate surface area is 130 Å². The largest absolute Gasteiger partial charge is 0.347 e. The first-order valence-electron chi connectivity index (χ1n) is 7.05. The number of hydrogen-bond acceptors (Lipinski definition) is 3. The Hall–Kier alpha value is -1.81. The van der Waals surface area contributed by atoms with Gasteiger partial charge in [-0.15, -0.1) is 11.8 Å². The van der Waals surface area contributed by atoms with Gasteiger partial charge in [0.2, 0.25) is 5.91 Å². The van der Waals surface area contributed by atoms with E-state index in [0.29, 0.717) is 11.7 Å². The van der Waals surface area contributed by atoms with Gasteiger partial charge >= 0.3 is 0 Å². The lowest BCUT2D eigenvalue weighted by atomic mass is 10.0. The van der Waals surface area contributed by atoms with E-state index in [1.807, 2.05) is 48.5 Å². The zero-order chi connectivity index (χ0) is 15.1. The molecule has 0 saturated heterocycles. The number of rotatable bonds is 6. The van der Waals surface area contributed by atoms with Crippen molar-refractivity contribution in [2.75, 3.05) is 5.75 Å². The maximum absolute atomic E-state index is 12.1. The monoisotopic (exact) mass is 300 g/mol. The summed E-state index contributed by atoms with van der Waals surface area (Å²) in [5.74, 6) is 0.749. The molecule has 1 aromatic heterocycles. The maximum Gasteiger partial charge on any atom is 0.230 e. The van der Waals surface area contributed by atoms with Crippen LogP contribution in [0.1, 0.15) is 25.6 Å². The Morgan fingerprint density at radius 3 is 2.48 bits per heavy atom. The average molecular weight is 300 g/mol. The fourth-order valence-electron chi connectivity index (χ4n) is 2.02. The maximum atomic E-state index is 12.1. The van der Waals surface area contributed by atoms with Crippen LogP contribution in [0.25, 0.3) is 0 Å². The van der Waals surface area contributed by atoms with Gasteiger partial charge in [0.25, 0.3) is 0 Å². The summed E-state index contributed by atoms with van der Waals surface area (Å²) in [5, 5.41) is 3.08. The van der Waals surface area contributed by atoms with Crippen LogP contribution in [0.5, 0.6) is 0 Å². The molecule has 1 aromatic carbocycles. The molecule has 0 radical (unpaired) electrons. The van der Waals surface area contributed by atoms with Crippen molar-refractivity contribution in [3.8, 4) is 0 Å². The summed E-state index contributed by atoms with van der Waals surface area (Å²) >= 11 is 1.54. The van der Waals surface area contributed by atoms with Crippen molar-refractivity contribution in [1.82, 2.24) is 10.3 Å². The zero-order valence-electron chi connectivity index (χ0n) is 12.3. The number of carbonyl (C=O) groups is 1. The Balaban J connectivity index is 1.93. The molecular weight excluding hydrogens is 280 g/mol. The highest BCUT2D eigenvalue weighted by molar-refractivity contribution is 8.00. The van der Waals surface area contributed by atoms with Crippen molar-refractivity contribution in [2.24, 2.45) is 5.92 Å². The summed E-state index contributed by atoms with van der Waals surface area (Å²) in [7, 11) is 0. The van der Waals surface area contributed by atoms with Crippen LogP contribution < -0.4 is 5.32 Å². The first kappa shape index (κ1) is 15.6. The molecule has 0 bridgehead atoms. The molecule has 0 spiro atoms. The van der Waals surface area contributed by atoms with E-state index < -0.39 is 0 Å². The van der Waals surface area contributed by atoms with E-state index in [1.54, 1.807) is 18.0 Å². The molecule has 1 amide bonds. The summed E-state index contributed by atoms with van der Waals surface area (Å²) in [6, 6.07) is 15.7. The fraction of sp³-hybridized carbons (Fsp3) is 0.294. The van der Waals surface area contributed by atoms with Crippen LogP contribution in [0.4, 0.5) is 0 Å². The number of carbonyl (C=O) groups excluding carboxylic acids is 1. The minimum absolute atomic E-state index is 0.0354. The predicted octanol–water partition coefficient (Wildman–Crippen LogP) is 3.69. The summed E-state index contributed by atoms with van der Waals surface area (Å²) in [4.78, 5) is 17.6. The highest BCUT2D eigenvalue weighted by Crippen LogP contribution is 2.21. The molecule has 4 heteroatoms. The van der Waals surface area contributed by atoms with Gasteiger partial charge < -0.3 is 5.32 Å². The molecular formula is C17H20N2OS. The molecule has 110 valence electrons. The van der Waals surface area contributed by atoms with E-state index >= 15 is 0 Å². The SMILES string of the molecule is CC(C)C(NC(=O)CSc1ccccc1)c1ccccn1. The van der Waals surface area contributed by atoms with Crippen molar-refractivity contribution >= 4 is 17.7 Å². The van der Waals surface area contributed by atoms with E-state index in [0.717, 1.165) is 10.6 Å². The van der Waals surface area contributed by atoms with E-state index in [1.165, 1.54) is 0 Å². The molecule has 1 heterocycles. The third-order valence-electron chi connectivity index (χ3n) is 3.10. The van der Waals surface area contributed by atoms with Gasteiger partial charge in [0.15, 0.2) is 0 Å². The number of thioether (sulfide) groups is 1. The van der Waals surface area contributed by atoms with E-state index in [4.69, 9.17) is 0 Å². The normalized spacial score (nSPS) is 12.1. The van der Waals surface area contributed by atoms with Gasteiger partial charge in [0.05, 0.1) is 17.5 Å². The smallest absolute Gasteiger partial charge is 0.230 e. The van der Waals surface area contributed by atoms with Gasteiger partial charge in [-0.2, -0.15) is 0 Å². The second-order valence-electron chi connectivity index (χ2n) is 5.15. The number of nitrogens with zero attached hydrogens (tertiary/aromatic N) is 1. The van der Waals surface area contributed by atoms with Gasteiger partial charge in [0, 0.05) is 11.1 Å². The number of nitrogens with one attached hydrogen (secondary N) is 1. The molecule has 0 saturated carbocycles. The van der Waals surface area contributed by atoms with E-state index in [-0.39, 0.29) is 11.9 Å². The van der Waals surface area contributed by atoms with Crippen molar-refractivity contribution < 1.29 is 4.79 Å². The van der Waals surface area contributed by atoms with E-state index in [2.05, 4.69) is 24.1 Å². The fourth-order valence-corrected chi connectivity index (χ4v) is 2.75. The second-order valence-corrected chi connectivity index (χ2v) is 6.19. The third kappa shape index (κ3) is 4.90. The average Bonchev–Trinajstić information content (AvgIpc) is 2.52. The Kier molecular flexibility index (Phi) is 5.81. The lowest BCUT2D eigenvalue weighted by molar-refractivity contribution is -0.119. The lowest BCUT2D eigenvalue weighted by Gasteiger charge is -2.21. The number of pyridine rings is 1. The molecule has 0 aliphatic carbocycles. The minimum Gasteiger partial charge on any atom is -0.347 e.